The number of para-hydroxylation sites is 1. The second kappa shape index (κ2) is 16.4. The van der Waals surface area contributed by atoms with Crippen LogP contribution in [0.4, 0.5) is 0 Å². The molecule has 36 heavy (non-hydrogen) atoms. The Labute approximate surface area is 223 Å². The third kappa shape index (κ3) is 11.6. The minimum atomic E-state index is -0.574. The van der Waals surface area contributed by atoms with Crippen LogP contribution in [0.3, 0.4) is 0 Å². The molecule has 0 fully saturated rings. The molecule has 0 saturated carbocycles. The van der Waals surface area contributed by atoms with Crippen LogP contribution >= 0.6 is 12.4 Å². The molecular weight excluding hydrogens is 480 g/mol. The Hall–Kier alpha value is -2.32. The molecule has 4 N–H and O–H groups in total. The van der Waals surface area contributed by atoms with E-state index in [9.17, 15) is 9.90 Å². The van der Waals surface area contributed by atoms with Crippen molar-refractivity contribution in [2.45, 2.75) is 80.5 Å². The molecule has 0 spiro atoms. The summed E-state index contributed by atoms with van der Waals surface area (Å²) in [5.41, 5.74) is 10.6. The molecular formula is C28H45ClN2O5. The third-order valence-corrected chi connectivity index (χ3v) is 5.32. The first-order chi connectivity index (χ1) is 16.3. The summed E-state index contributed by atoms with van der Waals surface area (Å²) in [5.74, 6) is 1.92. The van der Waals surface area contributed by atoms with Gasteiger partial charge in [0.25, 0.3) is 0 Å². The number of aliphatic hydroxyl groups is 1. The van der Waals surface area contributed by atoms with Gasteiger partial charge in [0.05, 0.1) is 0 Å². The van der Waals surface area contributed by atoms with Crippen molar-refractivity contribution in [1.29, 1.82) is 0 Å². The first kappa shape index (κ1) is 33.7. The molecule has 2 rings (SSSR count). The molecule has 0 aliphatic rings. The molecule has 0 aliphatic carbocycles. The summed E-state index contributed by atoms with van der Waals surface area (Å²) in [6, 6.07) is 8.36. The predicted octanol–water partition coefficient (Wildman–Crippen LogP) is 4.73. The van der Waals surface area contributed by atoms with E-state index in [4.69, 9.17) is 19.9 Å². The highest BCUT2D eigenvalue weighted by atomic mass is 35.5. The van der Waals surface area contributed by atoms with Crippen molar-refractivity contribution < 1.29 is 24.1 Å². The maximum Gasteiger partial charge on any atom is 0.308 e. The molecule has 0 heterocycles. The number of nitrogens with one attached hydrogen (secondary N) is 1. The van der Waals surface area contributed by atoms with E-state index in [1.807, 2.05) is 79.7 Å². The van der Waals surface area contributed by atoms with Crippen LogP contribution in [0.5, 0.6) is 17.2 Å². The lowest BCUT2D eigenvalue weighted by Crippen LogP contribution is -2.35. The highest BCUT2D eigenvalue weighted by Crippen LogP contribution is 2.33. The maximum absolute atomic E-state index is 11.2. The fourth-order valence-electron chi connectivity index (χ4n) is 3.33. The zero-order valence-corrected chi connectivity index (χ0v) is 24.0. The minimum Gasteiger partial charge on any atom is -0.491 e. The number of ether oxygens (including phenoxy) is 3. The van der Waals surface area contributed by atoms with Gasteiger partial charge in [-0.25, -0.2) is 0 Å². The van der Waals surface area contributed by atoms with E-state index < -0.39 is 6.10 Å². The minimum absolute atomic E-state index is 0. The van der Waals surface area contributed by atoms with Crippen LogP contribution < -0.4 is 25.3 Å². The highest BCUT2D eigenvalue weighted by Gasteiger charge is 2.15. The standard InChI is InChI=1S/C17H27NO4.C11H17NO.ClH/c1-10(2)18-8-15(20)9-21-16-7-11(3)17(22-14(6)19)13(5)12(16)4;1-8-5-4-6-9(2)11(8)13-7-10(3)12;/h7,10,15,18,20H,8-9H2,1-6H3;4-6,10H,7,12H2,1-3H3;1H. The summed E-state index contributed by atoms with van der Waals surface area (Å²) in [7, 11) is 0. The first-order valence-corrected chi connectivity index (χ1v) is 12.1. The second-order valence-electron chi connectivity index (χ2n) is 9.40. The molecule has 2 unspecified atom stereocenters. The lowest BCUT2D eigenvalue weighted by molar-refractivity contribution is -0.131. The van der Waals surface area contributed by atoms with Crippen LogP contribution in [0.1, 0.15) is 55.5 Å². The number of benzene rings is 2. The van der Waals surface area contributed by atoms with Gasteiger partial charge < -0.3 is 30.4 Å². The number of rotatable bonds is 10. The number of hydrogen-bond donors (Lipinski definition) is 3. The van der Waals surface area contributed by atoms with Gasteiger partial charge in [-0.3, -0.25) is 4.79 Å². The summed E-state index contributed by atoms with van der Waals surface area (Å²) in [6.45, 7) is 18.4. The van der Waals surface area contributed by atoms with E-state index in [1.54, 1.807) is 0 Å². The molecule has 0 aromatic heterocycles. The number of halogens is 1. The molecule has 0 saturated heterocycles. The predicted molar refractivity (Wildman–Crippen MR) is 149 cm³/mol. The van der Waals surface area contributed by atoms with Gasteiger partial charge in [0.2, 0.25) is 0 Å². The van der Waals surface area contributed by atoms with E-state index in [-0.39, 0.29) is 31.0 Å². The molecule has 7 nitrogen and oxygen atoms in total. The Bertz CT molecular complexity index is 943. The Morgan fingerprint density at radius 3 is 2.03 bits per heavy atom. The largest absolute Gasteiger partial charge is 0.491 e. The molecule has 2 aromatic rings. The fraction of sp³-hybridized carbons (Fsp3) is 0.536. The highest BCUT2D eigenvalue weighted by molar-refractivity contribution is 5.85. The second-order valence-corrected chi connectivity index (χ2v) is 9.40. The van der Waals surface area contributed by atoms with Crippen molar-refractivity contribution in [3.05, 3.63) is 52.1 Å². The van der Waals surface area contributed by atoms with Crippen LogP contribution in [-0.2, 0) is 4.79 Å². The number of carbonyl (C=O) groups is 1. The molecule has 0 aliphatic heterocycles. The van der Waals surface area contributed by atoms with Gasteiger partial charge in [0.1, 0.15) is 36.6 Å². The molecule has 204 valence electrons. The zero-order valence-electron chi connectivity index (χ0n) is 23.2. The van der Waals surface area contributed by atoms with E-state index in [0.29, 0.717) is 30.7 Å². The monoisotopic (exact) mass is 524 g/mol. The average molecular weight is 525 g/mol. The Morgan fingerprint density at radius 2 is 1.53 bits per heavy atom. The van der Waals surface area contributed by atoms with Crippen molar-refractivity contribution in [1.82, 2.24) is 5.32 Å². The topological polar surface area (TPSA) is 103 Å². The van der Waals surface area contributed by atoms with Crippen molar-refractivity contribution in [3.63, 3.8) is 0 Å². The quantitative estimate of drug-likeness (QED) is 0.305. The fourth-order valence-corrected chi connectivity index (χ4v) is 3.33. The average Bonchev–Trinajstić information content (AvgIpc) is 2.76. The van der Waals surface area contributed by atoms with E-state index in [0.717, 1.165) is 22.4 Å². The summed E-state index contributed by atoms with van der Waals surface area (Å²) < 4.78 is 16.6. The normalized spacial score (nSPS) is 12.1. The Morgan fingerprint density at radius 1 is 0.944 bits per heavy atom. The Kier molecular flexibility index (Phi) is 15.4. The smallest absolute Gasteiger partial charge is 0.308 e. The number of nitrogens with two attached hydrogens (primary N) is 1. The lowest BCUT2D eigenvalue weighted by Gasteiger charge is -2.19. The number of esters is 1. The van der Waals surface area contributed by atoms with Crippen molar-refractivity contribution >= 4 is 18.4 Å². The number of hydrogen-bond acceptors (Lipinski definition) is 7. The van der Waals surface area contributed by atoms with Crippen LogP contribution in [0.25, 0.3) is 0 Å². The number of aliphatic hydroxyl groups excluding tert-OH is 1. The summed E-state index contributed by atoms with van der Waals surface area (Å²) in [6.07, 6.45) is -0.574. The molecule has 2 aromatic carbocycles. The lowest BCUT2D eigenvalue weighted by atomic mass is 10.0. The van der Waals surface area contributed by atoms with Crippen molar-refractivity contribution in [3.8, 4) is 17.2 Å². The van der Waals surface area contributed by atoms with Crippen LogP contribution in [0.2, 0.25) is 0 Å². The van der Waals surface area contributed by atoms with E-state index in [2.05, 4.69) is 5.32 Å². The zero-order chi connectivity index (χ0) is 26.7. The van der Waals surface area contributed by atoms with Gasteiger partial charge in [0, 0.05) is 25.6 Å². The SMILES string of the molecule is CC(=O)Oc1c(C)cc(OCC(O)CNC(C)C)c(C)c1C.Cc1cccc(C)c1OCC(C)N.Cl. The molecule has 0 radical (unpaired) electrons. The number of aryl methyl sites for hydroxylation is 3. The van der Waals surface area contributed by atoms with Crippen LogP contribution in [0, 0.1) is 34.6 Å². The van der Waals surface area contributed by atoms with Crippen molar-refractivity contribution in [2.24, 2.45) is 5.73 Å². The van der Waals surface area contributed by atoms with Crippen molar-refractivity contribution in [2.75, 3.05) is 19.8 Å². The van der Waals surface area contributed by atoms with Gasteiger partial charge in [0.15, 0.2) is 0 Å². The molecule has 8 heteroatoms. The van der Waals surface area contributed by atoms with Gasteiger partial charge >= 0.3 is 5.97 Å². The first-order valence-electron chi connectivity index (χ1n) is 12.1. The van der Waals surface area contributed by atoms with Crippen LogP contribution in [0.15, 0.2) is 24.3 Å². The van der Waals surface area contributed by atoms with Gasteiger partial charge in [-0.05, 0) is 75.4 Å². The molecule has 0 amide bonds. The Balaban J connectivity index is 0.000000748. The maximum atomic E-state index is 11.2. The van der Waals surface area contributed by atoms with Gasteiger partial charge in [-0.2, -0.15) is 0 Å². The molecule has 2 atom stereocenters. The summed E-state index contributed by atoms with van der Waals surface area (Å²) in [5, 5.41) is 13.1. The van der Waals surface area contributed by atoms with Gasteiger partial charge in [-0.1, -0.05) is 32.0 Å². The van der Waals surface area contributed by atoms with Gasteiger partial charge in [-0.15, -0.1) is 12.4 Å². The van der Waals surface area contributed by atoms with Crippen LogP contribution in [-0.4, -0.2) is 49.0 Å². The molecule has 0 bridgehead atoms. The number of carbonyl (C=O) groups excluding carboxylic acids is 1. The summed E-state index contributed by atoms with van der Waals surface area (Å²) >= 11 is 0. The summed E-state index contributed by atoms with van der Waals surface area (Å²) in [4.78, 5) is 11.2. The van der Waals surface area contributed by atoms with E-state index in [1.165, 1.54) is 18.1 Å². The van der Waals surface area contributed by atoms with E-state index >= 15 is 0 Å². The third-order valence-electron chi connectivity index (χ3n) is 5.32.